The molecule has 14 heavy (non-hydrogen) atoms. The minimum absolute atomic E-state index is 1.03. The van der Waals surface area contributed by atoms with Gasteiger partial charge in [0.25, 0.3) is 0 Å². The number of benzene rings is 1. The lowest BCUT2D eigenvalue weighted by Gasteiger charge is -1.89. The van der Waals surface area contributed by atoms with Crippen LogP contribution in [0.2, 0.25) is 0 Å². The molecule has 3 nitrogen and oxygen atoms in total. The third-order valence-electron chi connectivity index (χ3n) is 2.30. The molecule has 0 fully saturated rings. The van der Waals surface area contributed by atoms with Gasteiger partial charge in [-0.2, -0.15) is 4.57 Å². The van der Waals surface area contributed by atoms with Crippen molar-refractivity contribution in [1.82, 2.24) is 4.98 Å². The van der Waals surface area contributed by atoms with Gasteiger partial charge in [-0.05, 0) is 12.1 Å². The summed E-state index contributed by atoms with van der Waals surface area (Å²) < 4.78 is 7.11. The predicted molar refractivity (Wildman–Crippen MR) is 52.1 cm³/mol. The molecule has 1 aromatic carbocycles. The van der Waals surface area contributed by atoms with Crippen molar-refractivity contribution >= 4 is 11.0 Å². The van der Waals surface area contributed by atoms with Gasteiger partial charge >= 0.3 is 0 Å². The second kappa shape index (κ2) is 2.73. The molecule has 0 radical (unpaired) electrons. The molecule has 0 bridgehead atoms. The summed E-state index contributed by atoms with van der Waals surface area (Å²) in [5.74, 6) is 0. The molecule has 0 saturated heterocycles. The van der Waals surface area contributed by atoms with E-state index in [4.69, 9.17) is 4.42 Å². The molecule has 0 unspecified atom stereocenters. The number of hydrogen-bond donors (Lipinski definition) is 1. The molecule has 0 amide bonds. The Balaban J connectivity index is 2.33. The van der Waals surface area contributed by atoms with E-state index in [1.165, 1.54) is 0 Å². The van der Waals surface area contributed by atoms with Crippen molar-refractivity contribution in [3.8, 4) is 5.69 Å². The normalized spacial score (nSPS) is 10.9. The number of nitrogens with one attached hydrogen (secondary N) is 1. The number of aromatic amines is 1. The highest BCUT2D eigenvalue weighted by Crippen LogP contribution is 2.09. The summed E-state index contributed by atoms with van der Waals surface area (Å²) in [4.78, 5) is 3.20. The average molecular weight is 185 g/mol. The van der Waals surface area contributed by atoms with E-state index in [1.54, 1.807) is 12.5 Å². The van der Waals surface area contributed by atoms with E-state index in [9.17, 15) is 0 Å². The Morgan fingerprint density at radius 2 is 2.07 bits per heavy atom. The number of imidazole rings is 1. The van der Waals surface area contributed by atoms with E-state index in [2.05, 4.69) is 15.6 Å². The lowest BCUT2D eigenvalue weighted by Crippen LogP contribution is -2.27. The maximum Gasteiger partial charge on any atom is 0.247 e. The highest BCUT2D eigenvalue weighted by atomic mass is 16.3. The quantitative estimate of drug-likeness (QED) is 0.578. The summed E-state index contributed by atoms with van der Waals surface area (Å²) in [7, 11) is 0. The molecule has 2 heterocycles. The number of aromatic nitrogens is 2. The van der Waals surface area contributed by atoms with Gasteiger partial charge in [0.15, 0.2) is 16.7 Å². The van der Waals surface area contributed by atoms with Gasteiger partial charge in [-0.3, -0.25) is 0 Å². The van der Waals surface area contributed by atoms with Crippen LogP contribution < -0.4 is 4.57 Å². The van der Waals surface area contributed by atoms with Gasteiger partial charge in [-0.1, -0.05) is 12.1 Å². The largest absolute Gasteiger partial charge is 0.468 e. The van der Waals surface area contributed by atoms with Gasteiger partial charge in [0.2, 0.25) is 6.33 Å². The van der Waals surface area contributed by atoms with Gasteiger partial charge in [0.1, 0.15) is 6.26 Å². The van der Waals surface area contributed by atoms with Crippen LogP contribution >= 0.6 is 0 Å². The van der Waals surface area contributed by atoms with Crippen molar-refractivity contribution in [2.45, 2.75) is 0 Å². The molecular formula is C11H9N2O+. The molecule has 3 aromatic rings. The van der Waals surface area contributed by atoms with Crippen LogP contribution in [-0.2, 0) is 0 Å². The average Bonchev–Trinajstić information content (AvgIpc) is 2.85. The second-order valence-corrected chi connectivity index (χ2v) is 3.14. The van der Waals surface area contributed by atoms with Gasteiger partial charge in [0, 0.05) is 6.07 Å². The van der Waals surface area contributed by atoms with Crippen LogP contribution in [0.3, 0.4) is 0 Å². The Labute approximate surface area is 80.6 Å². The highest BCUT2D eigenvalue weighted by molar-refractivity contribution is 5.71. The van der Waals surface area contributed by atoms with Crippen LogP contribution in [-0.4, -0.2) is 4.98 Å². The summed E-state index contributed by atoms with van der Waals surface area (Å²) in [6.45, 7) is 0. The number of nitrogens with zero attached hydrogens (tertiary/aromatic N) is 1. The minimum atomic E-state index is 1.03. The van der Waals surface area contributed by atoms with Crippen molar-refractivity contribution in [2.75, 3.05) is 0 Å². The Morgan fingerprint density at radius 1 is 1.14 bits per heavy atom. The second-order valence-electron chi connectivity index (χ2n) is 3.14. The summed E-state index contributed by atoms with van der Waals surface area (Å²) >= 11 is 0. The number of furan rings is 1. The minimum Gasteiger partial charge on any atom is -0.468 e. The molecule has 1 N–H and O–H groups in total. The van der Waals surface area contributed by atoms with E-state index in [-0.39, 0.29) is 0 Å². The summed E-state index contributed by atoms with van der Waals surface area (Å²) in [5, 5.41) is 0. The molecule has 0 atom stereocenters. The van der Waals surface area contributed by atoms with Crippen molar-refractivity contribution < 1.29 is 8.98 Å². The number of hydrogen-bond acceptors (Lipinski definition) is 1. The van der Waals surface area contributed by atoms with Crippen LogP contribution in [0.25, 0.3) is 16.7 Å². The van der Waals surface area contributed by atoms with Crippen LogP contribution in [0, 0.1) is 0 Å². The van der Waals surface area contributed by atoms with Crippen molar-refractivity contribution in [3.05, 3.63) is 49.2 Å². The Kier molecular flexibility index (Phi) is 1.44. The first-order chi connectivity index (χ1) is 6.95. The standard InChI is InChI=1S/C11H8N2O/c1-2-4-11-10(3-1)12-8-13(11)9-5-6-14-7-9/h1-8H/p+1. The monoisotopic (exact) mass is 185 g/mol. The van der Waals surface area contributed by atoms with Crippen molar-refractivity contribution in [1.29, 1.82) is 0 Å². The lowest BCUT2D eigenvalue weighted by molar-refractivity contribution is -0.567. The highest BCUT2D eigenvalue weighted by Gasteiger charge is 2.10. The molecule has 68 valence electrons. The summed E-state index contributed by atoms with van der Waals surface area (Å²) in [6, 6.07) is 10.1. The van der Waals surface area contributed by atoms with Crippen molar-refractivity contribution in [3.63, 3.8) is 0 Å². The molecular weight excluding hydrogens is 176 g/mol. The Morgan fingerprint density at radius 3 is 2.93 bits per heavy atom. The molecule has 0 spiro atoms. The summed E-state index contributed by atoms with van der Waals surface area (Å²) in [5.41, 5.74) is 3.30. The SMILES string of the molecule is c1ccc2c(c1)[nH]c[n+]2-c1ccoc1. The first-order valence-electron chi connectivity index (χ1n) is 4.45. The molecule has 0 aliphatic rings. The maximum atomic E-state index is 5.05. The Bertz CT molecular complexity index is 551. The predicted octanol–water partition coefficient (Wildman–Crippen LogP) is 2.04. The fourth-order valence-electron chi connectivity index (χ4n) is 1.62. The molecule has 3 rings (SSSR count). The first kappa shape index (κ1) is 7.38. The van der Waals surface area contributed by atoms with Gasteiger partial charge in [-0.15, -0.1) is 0 Å². The van der Waals surface area contributed by atoms with Gasteiger partial charge in [0.05, 0.1) is 6.26 Å². The molecule has 0 aliphatic heterocycles. The zero-order chi connectivity index (χ0) is 9.38. The van der Waals surface area contributed by atoms with Crippen molar-refractivity contribution in [2.24, 2.45) is 0 Å². The lowest BCUT2D eigenvalue weighted by atomic mass is 10.3. The fraction of sp³-hybridized carbons (Fsp3) is 0. The smallest absolute Gasteiger partial charge is 0.247 e. The zero-order valence-corrected chi connectivity index (χ0v) is 7.47. The number of para-hydroxylation sites is 2. The van der Waals surface area contributed by atoms with E-state index in [0.717, 1.165) is 16.7 Å². The third kappa shape index (κ3) is 0.956. The van der Waals surface area contributed by atoms with Crippen LogP contribution in [0.15, 0.2) is 53.6 Å². The molecule has 0 aliphatic carbocycles. The van der Waals surface area contributed by atoms with Crippen LogP contribution in [0.4, 0.5) is 0 Å². The van der Waals surface area contributed by atoms with Crippen LogP contribution in [0.5, 0.6) is 0 Å². The number of rotatable bonds is 1. The van der Waals surface area contributed by atoms with E-state index in [1.807, 2.05) is 30.6 Å². The summed E-state index contributed by atoms with van der Waals surface area (Å²) in [6.07, 6.45) is 5.32. The molecule has 0 saturated carbocycles. The maximum absolute atomic E-state index is 5.05. The third-order valence-corrected chi connectivity index (χ3v) is 2.30. The van der Waals surface area contributed by atoms with Crippen LogP contribution in [0.1, 0.15) is 0 Å². The van der Waals surface area contributed by atoms with E-state index < -0.39 is 0 Å². The fourth-order valence-corrected chi connectivity index (χ4v) is 1.62. The Hall–Kier alpha value is -2.03. The van der Waals surface area contributed by atoms with E-state index >= 15 is 0 Å². The van der Waals surface area contributed by atoms with Gasteiger partial charge < -0.3 is 4.42 Å². The first-order valence-corrected chi connectivity index (χ1v) is 4.45. The number of H-pyrrole nitrogens is 1. The van der Waals surface area contributed by atoms with E-state index in [0.29, 0.717) is 0 Å². The zero-order valence-electron chi connectivity index (χ0n) is 7.47. The topological polar surface area (TPSA) is 32.8 Å². The number of fused-ring (bicyclic) bond motifs is 1. The van der Waals surface area contributed by atoms with Gasteiger partial charge in [-0.25, -0.2) is 4.98 Å². The molecule has 3 heteroatoms. The molecule has 2 aromatic heterocycles.